The molecule has 128 valence electrons. The van der Waals surface area contributed by atoms with Crippen LogP contribution in [0.5, 0.6) is 0 Å². The number of hydrogen-bond acceptors (Lipinski definition) is 2. The Balaban J connectivity index is 1.79. The summed E-state index contributed by atoms with van der Waals surface area (Å²) in [6.07, 6.45) is 1.05. The average Bonchev–Trinajstić information content (AvgIpc) is 2.60. The lowest BCUT2D eigenvalue weighted by molar-refractivity contribution is 0.779. The Hall–Kier alpha value is -2.07. The summed E-state index contributed by atoms with van der Waals surface area (Å²) in [5.41, 5.74) is 4.89. The van der Waals surface area contributed by atoms with Crippen LogP contribution in [0.1, 0.15) is 25.0 Å². The van der Waals surface area contributed by atoms with E-state index < -0.39 is 0 Å². The van der Waals surface area contributed by atoms with E-state index in [0.717, 1.165) is 31.7 Å². The number of hydrogen-bond donors (Lipinski definition) is 2. The Labute approximate surface area is 151 Å². The molecular weight excluding hydrogens is 314 g/mol. The van der Waals surface area contributed by atoms with E-state index in [1.807, 2.05) is 0 Å². The maximum absolute atomic E-state index is 5.38. The van der Waals surface area contributed by atoms with Gasteiger partial charge < -0.3 is 15.5 Å². The summed E-state index contributed by atoms with van der Waals surface area (Å²) < 4.78 is 0. The number of nitrogens with zero attached hydrogens (tertiary/aromatic N) is 1. The molecule has 2 rings (SSSR count). The summed E-state index contributed by atoms with van der Waals surface area (Å²) in [5.74, 6) is 0. The van der Waals surface area contributed by atoms with Crippen molar-refractivity contribution in [3.63, 3.8) is 0 Å². The summed E-state index contributed by atoms with van der Waals surface area (Å²) in [6.45, 7) is 9.13. The summed E-state index contributed by atoms with van der Waals surface area (Å²) in [5, 5.41) is 7.18. The van der Waals surface area contributed by atoms with E-state index in [2.05, 4.69) is 84.8 Å². The molecule has 0 bridgehead atoms. The molecule has 4 heteroatoms. The minimum absolute atomic E-state index is 0.666. The molecule has 0 amide bonds. The van der Waals surface area contributed by atoms with Gasteiger partial charge in [-0.05, 0) is 62.3 Å². The number of nitrogens with one attached hydrogen (secondary N) is 2. The van der Waals surface area contributed by atoms with Crippen molar-refractivity contribution in [2.24, 2.45) is 0 Å². The standard InChI is InChI=1S/C20H27N3S/c1-4-17-8-10-18(11-9-17)22-20(24)21-14-15-23(5-2)19-12-6-16(3)7-13-19/h6-13H,4-5,14-15H2,1-3H3,(H2,21,22,24). The first kappa shape index (κ1) is 18.3. The predicted octanol–water partition coefficient (Wildman–Crippen LogP) is 4.37. The normalized spacial score (nSPS) is 10.3. The maximum atomic E-state index is 5.38. The minimum atomic E-state index is 0.666. The van der Waals surface area contributed by atoms with E-state index in [9.17, 15) is 0 Å². The van der Waals surface area contributed by atoms with Crippen LogP contribution in [-0.2, 0) is 6.42 Å². The van der Waals surface area contributed by atoms with Gasteiger partial charge in [-0.15, -0.1) is 0 Å². The molecule has 0 aliphatic rings. The third kappa shape index (κ3) is 5.53. The molecule has 0 spiro atoms. The summed E-state index contributed by atoms with van der Waals surface area (Å²) in [7, 11) is 0. The van der Waals surface area contributed by atoms with Gasteiger partial charge in [0.1, 0.15) is 0 Å². The molecule has 0 radical (unpaired) electrons. The molecule has 0 aromatic heterocycles. The highest BCUT2D eigenvalue weighted by Gasteiger charge is 2.04. The van der Waals surface area contributed by atoms with E-state index in [1.165, 1.54) is 16.8 Å². The Morgan fingerprint density at radius 3 is 2.25 bits per heavy atom. The molecule has 0 heterocycles. The third-order valence-corrected chi connectivity index (χ3v) is 4.31. The number of aryl methyl sites for hydroxylation is 2. The Morgan fingerprint density at radius 2 is 1.67 bits per heavy atom. The van der Waals surface area contributed by atoms with Crippen LogP contribution in [0, 0.1) is 6.92 Å². The molecule has 0 saturated heterocycles. The highest BCUT2D eigenvalue weighted by atomic mass is 32.1. The SMILES string of the molecule is CCc1ccc(NC(=S)NCCN(CC)c2ccc(C)cc2)cc1. The fourth-order valence-corrected chi connectivity index (χ4v) is 2.75. The van der Waals surface area contributed by atoms with Gasteiger partial charge >= 0.3 is 0 Å². The first-order chi connectivity index (χ1) is 11.6. The van der Waals surface area contributed by atoms with E-state index in [-0.39, 0.29) is 0 Å². The van der Waals surface area contributed by atoms with Crippen LogP contribution in [0.3, 0.4) is 0 Å². The molecular formula is C20H27N3S. The van der Waals surface area contributed by atoms with Crippen molar-refractivity contribution >= 4 is 28.7 Å². The Bertz CT molecular complexity index is 635. The van der Waals surface area contributed by atoms with Crippen molar-refractivity contribution in [3.05, 3.63) is 59.7 Å². The first-order valence-corrected chi connectivity index (χ1v) is 8.98. The number of likely N-dealkylation sites (N-methyl/N-ethyl adjacent to an activating group) is 1. The summed E-state index contributed by atoms with van der Waals surface area (Å²) in [6, 6.07) is 17.0. The van der Waals surface area contributed by atoms with Gasteiger partial charge in [-0.25, -0.2) is 0 Å². The molecule has 0 atom stereocenters. The summed E-state index contributed by atoms with van der Waals surface area (Å²) in [4.78, 5) is 2.34. The molecule has 24 heavy (non-hydrogen) atoms. The van der Waals surface area contributed by atoms with Crippen molar-refractivity contribution < 1.29 is 0 Å². The van der Waals surface area contributed by atoms with Gasteiger partial charge in [0.2, 0.25) is 0 Å². The van der Waals surface area contributed by atoms with Crippen LogP contribution < -0.4 is 15.5 Å². The van der Waals surface area contributed by atoms with E-state index >= 15 is 0 Å². The number of benzene rings is 2. The van der Waals surface area contributed by atoms with Gasteiger partial charge in [-0.2, -0.15) is 0 Å². The quantitative estimate of drug-likeness (QED) is 0.731. The van der Waals surface area contributed by atoms with E-state index in [0.29, 0.717) is 5.11 Å². The monoisotopic (exact) mass is 341 g/mol. The minimum Gasteiger partial charge on any atom is -0.370 e. The molecule has 0 aliphatic carbocycles. The highest BCUT2D eigenvalue weighted by Crippen LogP contribution is 2.14. The topological polar surface area (TPSA) is 27.3 Å². The lowest BCUT2D eigenvalue weighted by Crippen LogP contribution is -2.36. The van der Waals surface area contributed by atoms with Gasteiger partial charge in [-0.3, -0.25) is 0 Å². The zero-order valence-corrected chi connectivity index (χ0v) is 15.6. The van der Waals surface area contributed by atoms with Gasteiger partial charge in [-0.1, -0.05) is 36.8 Å². The van der Waals surface area contributed by atoms with Crippen LogP contribution in [0.4, 0.5) is 11.4 Å². The molecule has 0 saturated carbocycles. The second-order valence-corrected chi connectivity index (χ2v) is 6.25. The largest absolute Gasteiger partial charge is 0.370 e. The van der Waals surface area contributed by atoms with E-state index in [4.69, 9.17) is 12.2 Å². The fourth-order valence-electron chi connectivity index (χ4n) is 2.53. The van der Waals surface area contributed by atoms with Crippen molar-refractivity contribution in [2.75, 3.05) is 29.9 Å². The smallest absolute Gasteiger partial charge is 0.170 e. The van der Waals surface area contributed by atoms with Crippen molar-refractivity contribution in [2.45, 2.75) is 27.2 Å². The van der Waals surface area contributed by atoms with E-state index in [1.54, 1.807) is 0 Å². The van der Waals surface area contributed by atoms with Gasteiger partial charge in [0.25, 0.3) is 0 Å². The molecule has 2 aromatic rings. The molecule has 3 nitrogen and oxygen atoms in total. The average molecular weight is 342 g/mol. The van der Waals surface area contributed by atoms with Crippen LogP contribution in [-0.4, -0.2) is 24.7 Å². The Morgan fingerprint density at radius 1 is 1.00 bits per heavy atom. The number of rotatable bonds is 7. The third-order valence-electron chi connectivity index (χ3n) is 4.07. The van der Waals surface area contributed by atoms with Crippen LogP contribution >= 0.6 is 12.2 Å². The molecule has 2 aromatic carbocycles. The van der Waals surface area contributed by atoms with Crippen molar-refractivity contribution in [1.29, 1.82) is 0 Å². The highest BCUT2D eigenvalue weighted by molar-refractivity contribution is 7.80. The molecule has 0 fully saturated rings. The zero-order valence-electron chi connectivity index (χ0n) is 14.8. The summed E-state index contributed by atoms with van der Waals surface area (Å²) >= 11 is 5.38. The Kier molecular flexibility index (Phi) is 7.07. The second-order valence-electron chi connectivity index (χ2n) is 5.85. The van der Waals surface area contributed by atoms with Gasteiger partial charge in [0.15, 0.2) is 5.11 Å². The lowest BCUT2D eigenvalue weighted by Gasteiger charge is -2.24. The number of anilines is 2. The lowest BCUT2D eigenvalue weighted by atomic mass is 10.1. The van der Waals surface area contributed by atoms with Gasteiger partial charge in [0.05, 0.1) is 0 Å². The number of thiocarbonyl (C=S) groups is 1. The van der Waals surface area contributed by atoms with Crippen LogP contribution in [0.25, 0.3) is 0 Å². The fraction of sp³-hybridized carbons (Fsp3) is 0.350. The molecule has 0 unspecified atom stereocenters. The molecule has 2 N–H and O–H groups in total. The van der Waals surface area contributed by atoms with Crippen molar-refractivity contribution in [1.82, 2.24) is 5.32 Å². The molecule has 0 aliphatic heterocycles. The van der Waals surface area contributed by atoms with Crippen molar-refractivity contribution in [3.8, 4) is 0 Å². The van der Waals surface area contributed by atoms with Crippen LogP contribution in [0.15, 0.2) is 48.5 Å². The van der Waals surface area contributed by atoms with Crippen LogP contribution in [0.2, 0.25) is 0 Å². The second kappa shape index (κ2) is 9.28. The maximum Gasteiger partial charge on any atom is 0.170 e. The zero-order chi connectivity index (χ0) is 17.4. The van der Waals surface area contributed by atoms with Gasteiger partial charge in [0, 0.05) is 31.0 Å². The first-order valence-electron chi connectivity index (χ1n) is 8.57. The predicted molar refractivity (Wildman–Crippen MR) is 109 cm³/mol.